The van der Waals surface area contributed by atoms with Crippen LogP contribution in [-0.2, 0) is 0 Å². The van der Waals surface area contributed by atoms with E-state index >= 15 is 0 Å². The highest BCUT2D eigenvalue weighted by molar-refractivity contribution is 9.10. The molecule has 1 saturated heterocycles. The topological polar surface area (TPSA) is 38.0 Å². The van der Waals surface area contributed by atoms with Crippen LogP contribution in [0.15, 0.2) is 22.7 Å². The van der Waals surface area contributed by atoms with E-state index in [4.69, 9.17) is 5.73 Å². The van der Waals surface area contributed by atoms with Crippen LogP contribution in [0.25, 0.3) is 0 Å². The summed E-state index contributed by atoms with van der Waals surface area (Å²) in [5.41, 5.74) is 8.38. The van der Waals surface area contributed by atoms with Gasteiger partial charge in [-0.2, -0.15) is 11.8 Å². The number of nitrogens with one attached hydrogen (secondary N) is 1. The molecule has 100 valence electrons. The molecule has 1 fully saturated rings. The van der Waals surface area contributed by atoms with E-state index in [0.717, 1.165) is 4.47 Å². The maximum Gasteiger partial charge on any atom is 0.0419 e. The minimum Gasteiger partial charge on any atom is -0.381 e. The SMILES string of the molecule is Cc1cc(Br)cc(NC(CN)C2CCCSC2)c1. The van der Waals surface area contributed by atoms with Crippen LogP contribution < -0.4 is 11.1 Å². The third kappa shape index (κ3) is 3.90. The van der Waals surface area contributed by atoms with Crippen molar-refractivity contribution >= 4 is 33.4 Å². The monoisotopic (exact) mass is 328 g/mol. The van der Waals surface area contributed by atoms with Gasteiger partial charge in [-0.25, -0.2) is 0 Å². The lowest BCUT2D eigenvalue weighted by Gasteiger charge is -2.30. The van der Waals surface area contributed by atoms with E-state index in [0.29, 0.717) is 18.5 Å². The average Bonchev–Trinajstić information content (AvgIpc) is 2.36. The van der Waals surface area contributed by atoms with Crippen molar-refractivity contribution in [1.29, 1.82) is 0 Å². The van der Waals surface area contributed by atoms with Gasteiger partial charge in [-0.05, 0) is 61.0 Å². The number of hydrogen-bond acceptors (Lipinski definition) is 3. The first-order valence-electron chi connectivity index (χ1n) is 6.50. The second kappa shape index (κ2) is 6.83. The summed E-state index contributed by atoms with van der Waals surface area (Å²) in [5, 5.41) is 3.61. The zero-order chi connectivity index (χ0) is 13.0. The summed E-state index contributed by atoms with van der Waals surface area (Å²) in [6.07, 6.45) is 2.62. The molecule has 0 aromatic heterocycles. The highest BCUT2D eigenvalue weighted by atomic mass is 79.9. The van der Waals surface area contributed by atoms with Gasteiger partial charge in [0.05, 0.1) is 0 Å². The molecule has 0 aliphatic carbocycles. The van der Waals surface area contributed by atoms with Crippen molar-refractivity contribution in [1.82, 2.24) is 0 Å². The molecule has 18 heavy (non-hydrogen) atoms. The van der Waals surface area contributed by atoms with E-state index in [1.165, 1.54) is 35.6 Å². The summed E-state index contributed by atoms with van der Waals surface area (Å²) in [5.74, 6) is 3.25. The Balaban J connectivity index is 2.04. The van der Waals surface area contributed by atoms with Crippen LogP contribution in [-0.4, -0.2) is 24.1 Å². The number of nitrogens with two attached hydrogens (primary N) is 1. The maximum atomic E-state index is 5.94. The number of halogens is 1. The lowest BCUT2D eigenvalue weighted by Crippen LogP contribution is -2.38. The number of benzene rings is 1. The molecule has 0 amide bonds. The van der Waals surface area contributed by atoms with E-state index in [9.17, 15) is 0 Å². The Hall–Kier alpha value is -0.190. The van der Waals surface area contributed by atoms with Crippen LogP contribution in [0, 0.1) is 12.8 Å². The molecule has 1 heterocycles. The Labute approximate surface area is 122 Å². The van der Waals surface area contributed by atoms with Gasteiger partial charge in [0.2, 0.25) is 0 Å². The molecule has 2 atom stereocenters. The Kier molecular flexibility index (Phi) is 5.39. The first kappa shape index (κ1) is 14.2. The third-order valence-corrected chi connectivity index (χ3v) is 5.11. The van der Waals surface area contributed by atoms with Gasteiger partial charge in [-0.1, -0.05) is 15.9 Å². The second-order valence-electron chi connectivity index (χ2n) is 4.98. The van der Waals surface area contributed by atoms with Crippen LogP contribution in [0.4, 0.5) is 5.69 Å². The largest absolute Gasteiger partial charge is 0.381 e. The van der Waals surface area contributed by atoms with Crippen LogP contribution in [0.3, 0.4) is 0 Å². The minimum atomic E-state index is 0.395. The van der Waals surface area contributed by atoms with E-state index in [1.54, 1.807) is 0 Å². The van der Waals surface area contributed by atoms with Gasteiger partial charge in [-0.15, -0.1) is 0 Å². The Morgan fingerprint density at radius 2 is 2.33 bits per heavy atom. The van der Waals surface area contributed by atoms with Crippen LogP contribution in [0.5, 0.6) is 0 Å². The average molecular weight is 329 g/mol. The molecule has 1 aliphatic rings. The normalized spacial score (nSPS) is 21.6. The van der Waals surface area contributed by atoms with E-state index in [1.807, 2.05) is 0 Å². The van der Waals surface area contributed by atoms with E-state index in [-0.39, 0.29) is 0 Å². The van der Waals surface area contributed by atoms with E-state index < -0.39 is 0 Å². The summed E-state index contributed by atoms with van der Waals surface area (Å²) < 4.78 is 1.12. The standard InChI is InChI=1S/C14H21BrN2S/c1-10-5-12(15)7-13(6-10)17-14(8-16)11-3-2-4-18-9-11/h5-7,11,14,17H,2-4,8-9,16H2,1H3. The number of anilines is 1. The maximum absolute atomic E-state index is 5.94. The van der Waals surface area contributed by atoms with Crippen molar-refractivity contribution in [3.63, 3.8) is 0 Å². The fourth-order valence-corrected chi connectivity index (χ4v) is 4.33. The molecule has 3 N–H and O–H groups in total. The molecule has 4 heteroatoms. The first-order valence-corrected chi connectivity index (χ1v) is 8.45. The molecule has 0 bridgehead atoms. The van der Waals surface area contributed by atoms with Crippen LogP contribution in [0.2, 0.25) is 0 Å². The first-order chi connectivity index (χ1) is 8.69. The second-order valence-corrected chi connectivity index (χ2v) is 7.05. The smallest absolute Gasteiger partial charge is 0.0419 e. The molecular formula is C14H21BrN2S. The Morgan fingerprint density at radius 1 is 1.50 bits per heavy atom. The van der Waals surface area contributed by atoms with E-state index in [2.05, 4.69) is 58.1 Å². The quantitative estimate of drug-likeness (QED) is 0.886. The molecule has 2 rings (SSSR count). The number of rotatable bonds is 4. The fraction of sp³-hybridized carbons (Fsp3) is 0.571. The van der Waals surface area contributed by atoms with Crippen molar-refractivity contribution in [2.45, 2.75) is 25.8 Å². The van der Waals surface area contributed by atoms with Crippen molar-refractivity contribution in [3.05, 3.63) is 28.2 Å². The summed E-state index contributed by atoms with van der Waals surface area (Å²) in [6, 6.07) is 6.83. The van der Waals surface area contributed by atoms with Gasteiger partial charge >= 0.3 is 0 Å². The zero-order valence-electron chi connectivity index (χ0n) is 10.8. The summed E-state index contributed by atoms with van der Waals surface area (Å²) in [7, 11) is 0. The van der Waals surface area contributed by atoms with Crippen molar-refractivity contribution < 1.29 is 0 Å². The summed E-state index contributed by atoms with van der Waals surface area (Å²) in [4.78, 5) is 0. The van der Waals surface area contributed by atoms with Crippen LogP contribution >= 0.6 is 27.7 Å². The molecule has 0 radical (unpaired) electrons. The number of thioether (sulfide) groups is 1. The number of aryl methyl sites for hydroxylation is 1. The third-order valence-electron chi connectivity index (χ3n) is 3.41. The van der Waals surface area contributed by atoms with Crippen molar-refractivity contribution in [2.24, 2.45) is 11.7 Å². The van der Waals surface area contributed by atoms with Crippen molar-refractivity contribution in [3.8, 4) is 0 Å². The fourth-order valence-electron chi connectivity index (χ4n) is 2.49. The van der Waals surface area contributed by atoms with Gasteiger partial charge in [0.1, 0.15) is 0 Å². The number of hydrogen-bond donors (Lipinski definition) is 2. The van der Waals surface area contributed by atoms with Gasteiger partial charge in [0, 0.05) is 22.7 Å². The summed E-state index contributed by atoms with van der Waals surface area (Å²) >= 11 is 5.60. The van der Waals surface area contributed by atoms with Gasteiger partial charge in [0.25, 0.3) is 0 Å². The molecule has 1 aromatic carbocycles. The van der Waals surface area contributed by atoms with Crippen LogP contribution in [0.1, 0.15) is 18.4 Å². The molecule has 2 nitrogen and oxygen atoms in total. The van der Waals surface area contributed by atoms with Gasteiger partial charge in [0.15, 0.2) is 0 Å². The van der Waals surface area contributed by atoms with Gasteiger partial charge in [-0.3, -0.25) is 0 Å². The minimum absolute atomic E-state index is 0.395. The molecule has 0 saturated carbocycles. The van der Waals surface area contributed by atoms with Crippen molar-refractivity contribution in [2.75, 3.05) is 23.4 Å². The molecule has 1 aromatic rings. The predicted molar refractivity (Wildman–Crippen MR) is 85.4 cm³/mol. The lowest BCUT2D eigenvalue weighted by molar-refractivity contribution is 0.450. The Morgan fingerprint density at radius 3 is 2.94 bits per heavy atom. The molecule has 2 unspecified atom stereocenters. The van der Waals surface area contributed by atoms with Gasteiger partial charge < -0.3 is 11.1 Å². The highest BCUT2D eigenvalue weighted by Crippen LogP contribution is 2.27. The zero-order valence-corrected chi connectivity index (χ0v) is 13.2. The lowest BCUT2D eigenvalue weighted by atomic mass is 9.96. The summed E-state index contributed by atoms with van der Waals surface area (Å²) in [6.45, 7) is 2.82. The highest BCUT2D eigenvalue weighted by Gasteiger charge is 2.22. The molecule has 0 spiro atoms. The predicted octanol–water partition coefficient (Wildman–Crippen LogP) is 3.64. The molecular weight excluding hydrogens is 308 g/mol. The molecule has 1 aliphatic heterocycles. The Bertz CT molecular complexity index is 371.